The summed E-state index contributed by atoms with van der Waals surface area (Å²) >= 11 is 0. The van der Waals surface area contributed by atoms with Crippen molar-refractivity contribution in [2.24, 2.45) is 10.8 Å². The van der Waals surface area contributed by atoms with Gasteiger partial charge in [0.2, 0.25) is 0 Å². The fourth-order valence-corrected chi connectivity index (χ4v) is 6.59. The van der Waals surface area contributed by atoms with E-state index < -0.39 is 5.60 Å². The minimum absolute atomic E-state index is 0.0677. The maximum atomic E-state index is 10.7. The summed E-state index contributed by atoms with van der Waals surface area (Å²) in [6, 6.07) is 0. The van der Waals surface area contributed by atoms with Gasteiger partial charge in [0.05, 0.1) is 29.3 Å². The lowest BCUT2D eigenvalue weighted by Crippen LogP contribution is -2.78. The highest BCUT2D eigenvalue weighted by atomic mass is 16.3. The first-order chi connectivity index (χ1) is 10.9. The Labute approximate surface area is 166 Å². The first-order valence-electron chi connectivity index (χ1n) is 10.5. The van der Waals surface area contributed by atoms with E-state index in [1.165, 1.54) is 0 Å². The Kier molecular flexibility index (Phi) is 7.04. The topological polar surface area (TPSA) is 20.2 Å². The molecule has 0 spiro atoms. The smallest absolute Gasteiger partial charge is 0.0969 e. The SMILES string of the molecule is CC(C)(C)CC(C)(C)[N+](C)(C(C)(C)CC(C)(C)C)C(C)(C)CC(C)(C)O. The van der Waals surface area contributed by atoms with Crippen LogP contribution in [0.15, 0.2) is 0 Å². The third kappa shape index (κ3) is 6.23. The number of hydrogen-bond donors (Lipinski definition) is 1. The average molecular weight is 371 g/mol. The third-order valence-electron chi connectivity index (χ3n) is 6.42. The highest BCUT2D eigenvalue weighted by Crippen LogP contribution is 2.51. The van der Waals surface area contributed by atoms with Crippen LogP contribution in [0.1, 0.15) is 116 Å². The van der Waals surface area contributed by atoms with Crippen LogP contribution < -0.4 is 0 Å². The molecule has 2 heteroatoms. The largest absolute Gasteiger partial charge is 0.390 e. The van der Waals surface area contributed by atoms with E-state index in [0.717, 1.165) is 23.7 Å². The fourth-order valence-electron chi connectivity index (χ4n) is 6.59. The predicted molar refractivity (Wildman–Crippen MR) is 117 cm³/mol. The van der Waals surface area contributed by atoms with E-state index >= 15 is 0 Å². The Balaban J connectivity index is 6.53. The zero-order chi connectivity index (χ0) is 21.6. The van der Waals surface area contributed by atoms with Gasteiger partial charge in [0.15, 0.2) is 0 Å². The Morgan fingerprint density at radius 2 is 0.731 bits per heavy atom. The summed E-state index contributed by atoms with van der Waals surface area (Å²) in [5.74, 6) is 0. The zero-order valence-corrected chi connectivity index (χ0v) is 21.0. The van der Waals surface area contributed by atoms with Crippen LogP contribution in [0.4, 0.5) is 0 Å². The maximum Gasteiger partial charge on any atom is 0.0969 e. The van der Waals surface area contributed by atoms with Gasteiger partial charge < -0.3 is 9.59 Å². The molecule has 0 fully saturated rings. The molecule has 0 unspecified atom stereocenters. The van der Waals surface area contributed by atoms with Gasteiger partial charge in [-0.2, -0.15) is 0 Å². The normalized spacial score (nSPS) is 16.2. The van der Waals surface area contributed by atoms with E-state index in [1.807, 2.05) is 13.8 Å². The molecule has 0 bridgehead atoms. The van der Waals surface area contributed by atoms with Gasteiger partial charge in [0.25, 0.3) is 0 Å². The van der Waals surface area contributed by atoms with Gasteiger partial charge in [0.1, 0.15) is 0 Å². The molecule has 0 aliphatic carbocycles. The van der Waals surface area contributed by atoms with Crippen molar-refractivity contribution in [3.8, 4) is 0 Å². The predicted octanol–water partition coefficient (Wildman–Crippen LogP) is 6.80. The first-order valence-corrected chi connectivity index (χ1v) is 10.5. The van der Waals surface area contributed by atoms with Crippen LogP contribution in [-0.2, 0) is 0 Å². The Morgan fingerprint density at radius 3 is 0.923 bits per heavy atom. The highest BCUT2D eigenvalue weighted by molar-refractivity contribution is 4.93. The molecule has 0 saturated carbocycles. The van der Waals surface area contributed by atoms with Crippen molar-refractivity contribution >= 4 is 0 Å². The summed E-state index contributed by atoms with van der Waals surface area (Å²) in [5.41, 5.74) is -0.0961. The molecule has 0 aromatic rings. The van der Waals surface area contributed by atoms with Crippen LogP contribution in [-0.4, -0.2) is 38.9 Å². The molecule has 0 amide bonds. The second-order valence-corrected chi connectivity index (χ2v) is 13.9. The maximum absolute atomic E-state index is 10.7. The lowest BCUT2D eigenvalue weighted by molar-refractivity contribution is -1.04. The minimum atomic E-state index is -0.682. The average Bonchev–Trinajstić information content (AvgIpc) is 2.16. The molecule has 0 saturated heterocycles. The molecule has 0 aliphatic heterocycles. The van der Waals surface area contributed by atoms with E-state index in [9.17, 15) is 5.11 Å². The molecule has 0 radical (unpaired) electrons. The van der Waals surface area contributed by atoms with Crippen molar-refractivity contribution in [3.05, 3.63) is 0 Å². The van der Waals surface area contributed by atoms with Crippen LogP contribution in [0.2, 0.25) is 0 Å². The quantitative estimate of drug-likeness (QED) is 0.488. The van der Waals surface area contributed by atoms with Crippen LogP contribution in [0.3, 0.4) is 0 Å². The number of quaternary nitrogens is 1. The van der Waals surface area contributed by atoms with E-state index in [1.54, 1.807) is 0 Å². The molecule has 0 rings (SSSR count). The van der Waals surface area contributed by atoms with E-state index in [-0.39, 0.29) is 27.4 Å². The second kappa shape index (κ2) is 7.07. The minimum Gasteiger partial charge on any atom is -0.390 e. The van der Waals surface area contributed by atoms with Crippen LogP contribution >= 0.6 is 0 Å². The molecule has 26 heavy (non-hydrogen) atoms. The van der Waals surface area contributed by atoms with Gasteiger partial charge in [-0.3, -0.25) is 0 Å². The summed E-state index contributed by atoms with van der Waals surface area (Å²) in [6.45, 7) is 32.5. The number of rotatable bonds is 7. The first kappa shape index (κ1) is 25.9. The number of aliphatic hydroxyl groups is 1. The van der Waals surface area contributed by atoms with Crippen LogP contribution in [0.25, 0.3) is 0 Å². The molecular formula is C24H52NO+. The van der Waals surface area contributed by atoms with Crippen LogP contribution in [0, 0.1) is 10.8 Å². The number of nitrogens with zero attached hydrogens (tertiary/aromatic N) is 1. The molecule has 1 N–H and O–H groups in total. The Morgan fingerprint density at radius 1 is 0.500 bits per heavy atom. The summed E-state index contributed by atoms with van der Waals surface area (Å²) in [6.07, 6.45) is 3.05. The van der Waals surface area contributed by atoms with Crippen molar-refractivity contribution in [3.63, 3.8) is 0 Å². The van der Waals surface area contributed by atoms with Gasteiger partial charge in [0, 0.05) is 19.3 Å². The van der Waals surface area contributed by atoms with Crippen molar-refractivity contribution in [1.29, 1.82) is 0 Å². The van der Waals surface area contributed by atoms with Gasteiger partial charge >= 0.3 is 0 Å². The summed E-state index contributed by atoms with van der Waals surface area (Å²) < 4.78 is 0.936. The lowest BCUT2D eigenvalue weighted by Gasteiger charge is -2.66. The molecule has 0 aromatic carbocycles. The Bertz CT molecular complexity index is 395. The molecule has 0 aromatic heterocycles. The van der Waals surface area contributed by atoms with E-state index in [4.69, 9.17) is 0 Å². The summed E-state index contributed by atoms with van der Waals surface area (Å²) in [5, 5.41) is 10.7. The standard InChI is InChI=1S/C24H52NO/c1-19(2,3)16-21(7,8)25(15,22(9,10)17-20(4,5)6)23(11,12)18-24(13,14)26/h26H,16-18H2,1-15H3/q+1. The molecular weight excluding hydrogens is 318 g/mol. The van der Waals surface area contributed by atoms with Gasteiger partial charge in [-0.1, -0.05) is 41.5 Å². The molecule has 0 heterocycles. The van der Waals surface area contributed by atoms with Crippen molar-refractivity contribution < 1.29 is 9.59 Å². The highest BCUT2D eigenvalue weighted by Gasteiger charge is 2.60. The second-order valence-electron chi connectivity index (χ2n) is 13.9. The van der Waals surface area contributed by atoms with Gasteiger partial charge in [-0.05, 0) is 66.2 Å². The van der Waals surface area contributed by atoms with Crippen LogP contribution in [0.5, 0.6) is 0 Å². The lowest BCUT2D eigenvalue weighted by atomic mass is 9.68. The Hall–Kier alpha value is -0.0800. The third-order valence-corrected chi connectivity index (χ3v) is 6.42. The van der Waals surface area contributed by atoms with E-state index in [0.29, 0.717) is 0 Å². The van der Waals surface area contributed by atoms with Gasteiger partial charge in [-0.15, -0.1) is 0 Å². The molecule has 0 aliphatic rings. The van der Waals surface area contributed by atoms with Gasteiger partial charge in [-0.25, -0.2) is 0 Å². The van der Waals surface area contributed by atoms with Crippen molar-refractivity contribution in [1.82, 2.24) is 0 Å². The summed E-state index contributed by atoms with van der Waals surface area (Å²) in [4.78, 5) is 0. The monoisotopic (exact) mass is 370 g/mol. The van der Waals surface area contributed by atoms with E-state index in [2.05, 4.69) is 90.1 Å². The number of hydrogen-bond acceptors (Lipinski definition) is 1. The molecule has 2 nitrogen and oxygen atoms in total. The van der Waals surface area contributed by atoms with Crippen molar-refractivity contribution in [2.75, 3.05) is 7.05 Å². The zero-order valence-electron chi connectivity index (χ0n) is 21.0. The molecule has 0 atom stereocenters. The fraction of sp³-hybridized carbons (Fsp3) is 1.00. The van der Waals surface area contributed by atoms with Crippen molar-refractivity contribution in [2.45, 2.75) is 138 Å². The summed E-state index contributed by atoms with van der Waals surface area (Å²) in [7, 11) is 2.45. The molecule has 158 valence electrons.